The second-order valence-corrected chi connectivity index (χ2v) is 13.2. The van der Waals surface area contributed by atoms with Crippen LogP contribution in [-0.2, 0) is 25.8 Å². The first-order valence-corrected chi connectivity index (χ1v) is 18.7. The Hall–Kier alpha value is -5.47. The Balaban J connectivity index is 0.000000458. The number of nitrogens with one attached hydrogen (secondary N) is 2. The normalized spacial score (nSPS) is 10.7. The highest BCUT2D eigenvalue weighted by Crippen LogP contribution is 2.12. The molecule has 5 rings (SSSR count). The van der Waals surface area contributed by atoms with Crippen molar-refractivity contribution in [1.29, 1.82) is 0 Å². The number of terminal acetylenes is 1. The Morgan fingerprint density at radius 3 is 1.75 bits per heavy atom. The molecular formula is C42H58Cl2N12. The van der Waals surface area contributed by atoms with Crippen LogP contribution in [0.1, 0.15) is 99.8 Å². The Bertz CT molecular complexity index is 1900. The highest BCUT2D eigenvalue weighted by Gasteiger charge is 2.03. The minimum atomic E-state index is 0. The van der Waals surface area contributed by atoms with Gasteiger partial charge in [-0.15, -0.1) is 42.3 Å². The molecule has 300 valence electrons. The van der Waals surface area contributed by atoms with Crippen molar-refractivity contribution in [2.24, 2.45) is 5.11 Å². The molecule has 0 bridgehead atoms. The zero-order valence-electron chi connectivity index (χ0n) is 32.7. The van der Waals surface area contributed by atoms with E-state index in [0.29, 0.717) is 18.4 Å². The van der Waals surface area contributed by atoms with Crippen LogP contribution in [0.4, 0.5) is 11.9 Å². The van der Waals surface area contributed by atoms with Gasteiger partial charge < -0.3 is 21.4 Å². The number of rotatable bonds is 19. The number of benzene rings is 2. The van der Waals surface area contributed by atoms with Gasteiger partial charge in [0.25, 0.3) is 0 Å². The van der Waals surface area contributed by atoms with E-state index in [4.69, 9.17) is 23.4 Å². The summed E-state index contributed by atoms with van der Waals surface area (Å²) in [5.74, 6) is 3.66. The fourth-order valence-corrected chi connectivity index (χ4v) is 5.57. The smallest absolute Gasteiger partial charge is 0.197 e. The molecule has 3 heterocycles. The van der Waals surface area contributed by atoms with Gasteiger partial charge in [-0.05, 0) is 75.5 Å². The SMILES string of the molecule is C#CCCCCCCc1cnc(N)[nH]1.C/C(=C\c1ccccc1)CN=[N+]=[N-].C/C(=C\c1ccccc1)Cn1cc(CCCCCCc2cnc(N)[nH]2)nn1.Cl.Cl. The molecule has 14 heteroatoms. The van der Waals surface area contributed by atoms with Crippen molar-refractivity contribution in [1.82, 2.24) is 34.9 Å². The number of nitrogen functional groups attached to an aromatic ring is 2. The number of imidazole rings is 2. The van der Waals surface area contributed by atoms with Gasteiger partial charge in [0.15, 0.2) is 11.9 Å². The quantitative estimate of drug-likeness (QED) is 0.0211. The number of halogens is 2. The molecule has 6 N–H and O–H groups in total. The number of azide groups is 1. The summed E-state index contributed by atoms with van der Waals surface area (Å²) in [6.45, 7) is 5.28. The topological polar surface area (TPSA) is 189 Å². The molecule has 0 saturated carbocycles. The van der Waals surface area contributed by atoms with Crippen LogP contribution in [-0.4, -0.2) is 41.5 Å². The van der Waals surface area contributed by atoms with Crippen LogP contribution in [0, 0.1) is 12.3 Å². The highest BCUT2D eigenvalue weighted by molar-refractivity contribution is 5.85. The van der Waals surface area contributed by atoms with Gasteiger partial charge in [-0.1, -0.05) is 120 Å². The van der Waals surface area contributed by atoms with Crippen LogP contribution >= 0.6 is 24.8 Å². The molecule has 0 amide bonds. The van der Waals surface area contributed by atoms with Gasteiger partial charge in [-0.2, -0.15) is 0 Å². The van der Waals surface area contributed by atoms with Crippen molar-refractivity contribution in [3.05, 3.63) is 129 Å². The molecule has 12 nitrogen and oxygen atoms in total. The number of hydrogen-bond acceptors (Lipinski definition) is 7. The third kappa shape index (κ3) is 22.0. The molecule has 0 atom stereocenters. The lowest BCUT2D eigenvalue weighted by molar-refractivity contribution is 0.630. The summed E-state index contributed by atoms with van der Waals surface area (Å²) in [6, 6.07) is 20.3. The monoisotopic (exact) mass is 800 g/mol. The molecule has 0 aliphatic carbocycles. The number of nitrogens with zero attached hydrogens (tertiary/aromatic N) is 8. The number of allylic oxidation sites excluding steroid dienone is 1. The fraction of sp³-hybridized carbons (Fsp3) is 0.381. The van der Waals surface area contributed by atoms with Crippen molar-refractivity contribution in [3.63, 3.8) is 0 Å². The molecule has 0 spiro atoms. The summed E-state index contributed by atoms with van der Waals surface area (Å²) in [6.07, 6.45) is 28.4. The molecule has 3 aromatic heterocycles. The van der Waals surface area contributed by atoms with Gasteiger partial charge in [0, 0.05) is 35.5 Å². The minimum absolute atomic E-state index is 0. The first-order valence-electron chi connectivity index (χ1n) is 18.7. The number of unbranched alkanes of at least 4 members (excludes halogenated alkanes) is 7. The van der Waals surface area contributed by atoms with E-state index in [1.54, 1.807) is 6.20 Å². The molecule has 0 aliphatic rings. The van der Waals surface area contributed by atoms with Gasteiger partial charge in [-0.3, -0.25) is 0 Å². The summed E-state index contributed by atoms with van der Waals surface area (Å²) >= 11 is 0. The molecule has 0 radical (unpaired) electrons. The lowest BCUT2D eigenvalue weighted by Crippen LogP contribution is -1.99. The number of aromatic amines is 2. The zero-order chi connectivity index (χ0) is 38.6. The third-order valence-electron chi connectivity index (χ3n) is 8.25. The maximum Gasteiger partial charge on any atom is 0.197 e. The number of aromatic nitrogens is 7. The number of aryl methyl sites for hydroxylation is 3. The Morgan fingerprint density at radius 2 is 1.27 bits per heavy atom. The van der Waals surface area contributed by atoms with E-state index in [1.165, 1.54) is 43.2 Å². The molecule has 56 heavy (non-hydrogen) atoms. The van der Waals surface area contributed by atoms with E-state index < -0.39 is 0 Å². The minimum Gasteiger partial charge on any atom is -0.369 e. The van der Waals surface area contributed by atoms with E-state index in [2.05, 4.69) is 89.7 Å². The molecule has 0 fully saturated rings. The van der Waals surface area contributed by atoms with Crippen molar-refractivity contribution < 1.29 is 0 Å². The van der Waals surface area contributed by atoms with Crippen LogP contribution in [0.2, 0.25) is 0 Å². The van der Waals surface area contributed by atoms with Gasteiger partial charge in [0.1, 0.15) is 0 Å². The Morgan fingerprint density at radius 1 is 0.768 bits per heavy atom. The number of nitrogens with two attached hydrogens (primary N) is 2. The molecule has 5 aromatic rings. The molecule has 0 saturated heterocycles. The first-order chi connectivity index (χ1) is 26.3. The van der Waals surface area contributed by atoms with Crippen molar-refractivity contribution in [2.75, 3.05) is 18.0 Å². The van der Waals surface area contributed by atoms with Crippen LogP contribution in [0.3, 0.4) is 0 Å². The van der Waals surface area contributed by atoms with E-state index in [9.17, 15) is 0 Å². The van der Waals surface area contributed by atoms with Gasteiger partial charge in [0.2, 0.25) is 0 Å². The molecular weight excluding hydrogens is 743 g/mol. The van der Waals surface area contributed by atoms with Crippen LogP contribution in [0.15, 0.2) is 95.5 Å². The van der Waals surface area contributed by atoms with Gasteiger partial charge in [-0.25, -0.2) is 14.6 Å². The number of H-pyrrole nitrogens is 2. The van der Waals surface area contributed by atoms with E-state index in [0.717, 1.165) is 79.7 Å². The number of hydrogen-bond donors (Lipinski definition) is 4. The molecule has 0 aliphatic heterocycles. The van der Waals surface area contributed by atoms with Gasteiger partial charge in [0.05, 0.1) is 24.6 Å². The van der Waals surface area contributed by atoms with Crippen molar-refractivity contribution >= 4 is 48.9 Å². The highest BCUT2D eigenvalue weighted by atomic mass is 35.5. The molecule has 2 aromatic carbocycles. The summed E-state index contributed by atoms with van der Waals surface area (Å²) in [5, 5.41) is 12.0. The average Bonchev–Trinajstić information content (AvgIpc) is 3.92. The van der Waals surface area contributed by atoms with Crippen molar-refractivity contribution in [3.8, 4) is 12.3 Å². The Kier molecular flexibility index (Phi) is 25.9. The third-order valence-corrected chi connectivity index (χ3v) is 8.25. The zero-order valence-corrected chi connectivity index (χ0v) is 34.3. The summed E-state index contributed by atoms with van der Waals surface area (Å²) in [7, 11) is 0. The summed E-state index contributed by atoms with van der Waals surface area (Å²) < 4.78 is 1.92. The van der Waals surface area contributed by atoms with Crippen LogP contribution in [0.25, 0.3) is 22.6 Å². The van der Waals surface area contributed by atoms with E-state index in [-0.39, 0.29) is 24.8 Å². The van der Waals surface area contributed by atoms with Crippen LogP contribution < -0.4 is 11.5 Å². The lowest BCUT2D eigenvalue weighted by Gasteiger charge is -2.01. The lowest BCUT2D eigenvalue weighted by atomic mass is 10.1. The van der Waals surface area contributed by atoms with E-state index in [1.807, 2.05) is 60.3 Å². The predicted molar refractivity (Wildman–Crippen MR) is 236 cm³/mol. The summed E-state index contributed by atoms with van der Waals surface area (Å²) in [4.78, 5) is 16.7. The van der Waals surface area contributed by atoms with E-state index >= 15 is 0 Å². The molecule has 0 unspecified atom stereocenters. The second-order valence-electron chi connectivity index (χ2n) is 13.2. The fourth-order valence-electron chi connectivity index (χ4n) is 5.57. The maximum absolute atomic E-state index is 8.11. The summed E-state index contributed by atoms with van der Waals surface area (Å²) in [5.41, 5.74) is 27.1. The van der Waals surface area contributed by atoms with Crippen LogP contribution in [0.5, 0.6) is 0 Å². The predicted octanol–water partition coefficient (Wildman–Crippen LogP) is 10.4. The first kappa shape index (κ1) is 48.5. The van der Waals surface area contributed by atoms with Crippen molar-refractivity contribution in [2.45, 2.75) is 97.4 Å². The largest absolute Gasteiger partial charge is 0.369 e. The van der Waals surface area contributed by atoms with Gasteiger partial charge >= 0.3 is 0 Å². The number of anilines is 2. The average molecular weight is 802 g/mol. The Labute approximate surface area is 344 Å². The maximum atomic E-state index is 8.11. The standard InChI is InChI=1S/C21H28N6.C11H17N3.C10H11N3.2ClH/c1-17(13-18-9-5-4-6-10-18)15-27-16-20(25-26-27)12-8-3-2-7-11-19-14-23-21(22)24-19;1-2-3-4-5-6-7-8-10-9-13-11(12)14-10;1-9(8-12-13-11)7-10-5-3-2-4-6-10;;/h4-6,9-10,13-14,16H,2-3,7-8,11-12,15H2,1H3,(H3,22,23,24);1,9H,3-8H2,(H3,12,13,14);2-7H,8H2,1H3;2*1H/b17-13+;;9-7+;;. The second kappa shape index (κ2) is 29.8.